The van der Waals surface area contributed by atoms with Crippen molar-refractivity contribution in [2.75, 3.05) is 9.80 Å². The molecule has 0 saturated carbocycles. The van der Waals surface area contributed by atoms with Gasteiger partial charge in [-0.3, -0.25) is 0 Å². The molecule has 10 aromatic rings. The van der Waals surface area contributed by atoms with E-state index in [0.29, 0.717) is 0 Å². The molecule has 11 rings (SSSR count). The molecule has 1 aliphatic carbocycles. The minimum Gasteiger partial charge on any atom is -0.310 e. The van der Waals surface area contributed by atoms with Crippen LogP contribution in [0.25, 0.3) is 87.6 Å². The van der Waals surface area contributed by atoms with E-state index >= 15 is 0 Å². The van der Waals surface area contributed by atoms with Crippen molar-refractivity contribution in [3.8, 4) is 0 Å². The van der Waals surface area contributed by atoms with Crippen LogP contribution in [0.5, 0.6) is 0 Å². The molecule has 0 radical (unpaired) electrons. The molecular weight excluding hydrogens is 773 g/mol. The fraction of sp³-hybridized carbons (Fsp3) is 0.0323. The second-order valence-corrected chi connectivity index (χ2v) is 16.6. The molecule has 0 aliphatic heterocycles. The molecule has 0 spiro atoms. The molecule has 0 heterocycles. The summed E-state index contributed by atoms with van der Waals surface area (Å²) in [5.74, 6) is 0. The summed E-state index contributed by atoms with van der Waals surface area (Å²) in [5, 5.41) is 16.7. The molecule has 64 heavy (non-hydrogen) atoms. The van der Waals surface area contributed by atoms with Gasteiger partial charge in [0.25, 0.3) is 0 Å². The van der Waals surface area contributed by atoms with Crippen molar-refractivity contribution < 1.29 is 0 Å². The topological polar surface area (TPSA) is 6.48 Å². The van der Waals surface area contributed by atoms with Crippen molar-refractivity contribution in [1.29, 1.82) is 0 Å². The van der Waals surface area contributed by atoms with Crippen LogP contribution >= 0.6 is 0 Å². The number of anilines is 4. The first kappa shape index (κ1) is 38.7. The Labute approximate surface area is 374 Å². The summed E-state index contributed by atoms with van der Waals surface area (Å²) in [7, 11) is 0. The first-order valence-corrected chi connectivity index (χ1v) is 22.0. The van der Waals surface area contributed by atoms with Gasteiger partial charge in [0, 0.05) is 44.7 Å². The second kappa shape index (κ2) is 15.9. The quantitative estimate of drug-likeness (QED) is 0.100. The lowest BCUT2D eigenvalue weighted by molar-refractivity contribution is 0.998. The third-order valence-electron chi connectivity index (χ3n) is 12.9. The average molecular weight is 819 g/mol. The smallest absolute Gasteiger partial charge is 0.0619 e. The Morgan fingerprint density at radius 2 is 0.875 bits per heavy atom. The Balaban J connectivity index is 1.15. The number of rotatable bonds is 10. The van der Waals surface area contributed by atoms with Crippen molar-refractivity contribution >= 4 is 110 Å². The van der Waals surface area contributed by atoms with Crippen molar-refractivity contribution in [1.82, 2.24) is 0 Å². The van der Waals surface area contributed by atoms with Gasteiger partial charge >= 0.3 is 0 Å². The van der Waals surface area contributed by atoms with Gasteiger partial charge in [-0.05, 0) is 169 Å². The van der Waals surface area contributed by atoms with Gasteiger partial charge in [-0.1, -0.05) is 142 Å². The molecule has 0 saturated heterocycles. The van der Waals surface area contributed by atoms with Crippen LogP contribution in [0.3, 0.4) is 0 Å². The number of benzene rings is 10. The van der Waals surface area contributed by atoms with Gasteiger partial charge in [0.2, 0.25) is 0 Å². The number of fused-ring (bicyclic) bond motifs is 7. The van der Waals surface area contributed by atoms with Crippen LogP contribution in [0.1, 0.15) is 24.0 Å². The normalized spacial score (nSPS) is 12.9. The Morgan fingerprint density at radius 3 is 1.36 bits per heavy atom. The average Bonchev–Trinajstić information content (AvgIpc) is 3.34. The van der Waals surface area contributed by atoms with Crippen LogP contribution in [0.15, 0.2) is 232 Å². The first-order chi connectivity index (χ1) is 31.5. The van der Waals surface area contributed by atoms with E-state index in [2.05, 4.69) is 212 Å². The van der Waals surface area contributed by atoms with Crippen LogP contribution < -0.4 is 9.80 Å². The summed E-state index contributed by atoms with van der Waals surface area (Å²) in [6.07, 6.45) is 18.6. The summed E-state index contributed by atoms with van der Waals surface area (Å²) in [6.45, 7) is 17.5. The predicted octanol–water partition coefficient (Wildman–Crippen LogP) is 17.8. The fourth-order valence-electron chi connectivity index (χ4n) is 9.91. The van der Waals surface area contributed by atoms with Gasteiger partial charge in [-0.25, -0.2) is 0 Å². The van der Waals surface area contributed by atoms with Crippen LogP contribution in [0.4, 0.5) is 22.7 Å². The molecule has 0 fully saturated rings. The van der Waals surface area contributed by atoms with E-state index in [0.717, 1.165) is 74.3 Å². The van der Waals surface area contributed by atoms with E-state index in [9.17, 15) is 0 Å². The molecule has 0 atom stereocenters. The highest BCUT2D eigenvalue weighted by Crippen LogP contribution is 2.50. The van der Waals surface area contributed by atoms with Gasteiger partial charge in [-0.15, -0.1) is 0 Å². The standard InChI is InChI=1S/C62H46N2/c1-5-18-53(6-2)63(55-29-27-45-35-47-31-41-19-12-14-21-43(41)33-49(47)37-51(45)39-55)61-57(7-3)58(8-4)62(60-26-17-16-25-59(60)61)64(54-23-10-9-11-24-54)56-30-28-46-36-48-32-42-20-13-15-22-44(42)34-50(48)38-52(46)40-56/h5-8,10,12-40H,1-4,9,11H2/b53-18+. The van der Waals surface area contributed by atoms with Gasteiger partial charge < -0.3 is 9.80 Å². The minimum absolute atomic E-state index is 0.890. The van der Waals surface area contributed by atoms with E-state index < -0.39 is 0 Å². The Morgan fingerprint density at radius 1 is 0.438 bits per heavy atom. The molecule has 0 unspecified atom stereocenters. The van der Waals surface area contributed by atoms with E-state index in [1.54, 1.807) is 0 Å². The van der Waals surface area contributed by atoms with Crippen LogP contribution in [-0.2, 0) is 0 Å². The van der Waals surface area contributed by atoms with Crippen molar-refractivity contribution in [3.63, 3.8) is 0 Å². The second-order valence-electron chi connectivity index (χ2n) is 16.6. The largest absolute Gasteiger partial charge is 0.310 e. The maximum Gasteiger partial charge on any atom is 0.0619 e. The zero-order valence-corrected chi connectivity index (χ0v) is 35.8. The van der Waals surface area contributed by atoms with Crippen LogP contribution in [0.2, 0.25) is 0 Å². The van der Waals surface area contributed by atoms with Crippen molar-refractivity contribution in [3.05, 3.63) is 243 Å². The number of allylic oxidation sites excluding steroid dienone is 6. The molecule has 0 bridgehead atoms. The highest BCUT2D eigenvalue weighted by Gasteiger charge is 2.28. The monoisotopic (exact) mass is 818 g/mol. The molecule has 10 aromatic carbocycles. The molecule has 304 valence electrons. The van der Waals surface area contributed by atoms with Gasteiger partial charge in [0.05, 0.1) is 11.4 Å². The van der Waals surface area contributed by atoms with Gasteiger partial charge in [-0.2, -0.15) is 0 Å². The van der Waals surface area contributed by atoms with Crippen LogP contribution in [0, 0.1) is 0 Å². The third-order valence-corrected chi connectivity index (χ3v) is 12.9. The summed E-state index contributed by atoms with van der Waals surface area (Å²) in [4.78, 5) is 4.74. The lowest BCUT2D eigenvalue weighted by Crippen LogP contribution is -2.21. The van der Waals surface area contributed by atoms with Crippen molar-refractivity contribution in [2.45, 2.75) is 12.8 Å². The molecule has 0 N–H and O–H groups in total. The maximum absolute atomic E-state index is 4.52. The van der Waals surface area contributed by atoms with E-state index in [1.165, 1.54) is 59.2 Å². The maximum atomic E-state index is 4.52. The zero-order valence-electron chi connectivity index (χ0n) is 35.8. The first-order valence-electron chi connectivity index (χ1n) is 22.0. The molecule has 1 aliphatic rings. The SMILES string of the molecule is C=C/C=C(\C=C)N(c1ccc2cc3cc4ccccc4cc3cc2c1)c1c(C=C)c(C=C)c(N(C2=CCCC=C2)c2ccc3cc4cc5ccccc5cc4cc3c2)c2ccccc12. The van der Waals surface area contributed by atoms with Gasteiger partial charge in [0.15, 0.2) is 0 Å². The highest BCUT2D eigenvalue weighted by atomic mass is 15.2. The minimum atomic E-state index is 0.890. The summed E-state index contributed by atoms with van der Waals surface area (Å²) >= 11 is 0. The lowest BCUT2D eigenvalue weighted by atomic mass is 9.91. The summed E-state index contributed by atoms with van der Waals surface area (Å²) < 4.78 is 0. The van der Waals surface area contributed by atoms with E-state index in [1.807, 2.05) is 30.4 Å². The predicted molar refractivity (Wildman–Crippen MR) is 281 cm³/mol. The zero-order chi connectivity index (χ0) is 43.3. The van der Waals surface area contributed by atoms with Gasteiger partial charge in [0.1, 0.15) is 0 Å². The number of hydrogen-bond donors (Lipinski definition) is 0. The fourth-order valence-corrected chi connectivity index (χ4v) is 9.91. The Kier molecular flexibility index (Phi) is 9.63. The molecular formula is C62H46N2. The highest BCUT2D eigenvalue weighted by molar-refractivity contribution is 6.14. The summed E-state index contributed by atoms with van der Waals surface area (Å²) in [6, 6.07) is 58.0. The Hall–Kier alpha value is -8.20. The molecule has 0 aromatic heterocycles. The molecule has 2 nitrogen and oxygen atoms in total. The van der Waals surface area contributed by atoms with E-state index in [-0.39, 0.29) is 0 Å². The van der Waals surface area contributed by atoms with E-state index in [4.69, 9.17) is 0 Å². The number of hydrogen-bond acceptors (Lipinski definition) is 2. The summed E-state index contributed by atoms with van der Waals surface area (Å²) in [5.41, 5.74) is 8.09. The van der Waals surface area contributed by atoms with Crippen LogP contribution in [-0.4, -0.2) is 0 Å². The lowest BCUT2D eigenvalue weighted by Gasteiger charge is -2.35. The molecule has 0 amide bonds. The number of nitrogens with zero attached hydrogens (tertiary/aromatic N) is 2. The van der Waals surface area contributed by atoms with Crippen molar-refractivity contribution in [2.24, 2.45) is 0 Å². The Bertz CT molecular complexity index is 3710. The molecule has 2 heteroatoms. The third kappa shape index (κ3) is 6.51.